The van der Waals surface area contributed by atoms with Crippen LogP contribution in [-0.4, -0.2) is 40.6 Å². The topological polar surface area (TPSA) is 57.7 Å². The van der Waals surface area contributed by atoms with Crippen LogP contribution in [0.1, 0.15) is 61.9 Å². The summed E-state index contributed by atoms with van der Waals surface area (Å²) in [6.07, 6.45) is 5.74. The molecule has 3 atom stereocenters. The molecule has 5 nitrogen and oxygen atoms in total. The van der Waals surface area contributed by atoms with Gasteiger partial charge in [0, 0.05) is 24.4 Å². The van der Waals surface area contributed by atoms with E-state index in [0.717, 1.165) is 45.1 Å². The number of carbonyl (C=O) groups excluding carboxylic acids is 3. The molecule has 3 amide bonds. The fraction of sp³-hybridized carbons (Fsp3) is 0.650. The van der Waals surface area contributed by atoms with Crippen LogP contribution >= 0.6 is 11.3 Å². The van der Waals surface area contributed by atoms with Gasteiger partial charge < -0.3 is 4.90 Å². The Hall–Kier alpha value is -1.69. The van der Waals surface area contributed by atoms with Crippen LogP contribution in [0.3, 0.4) is 0 Å². The van der Waals surface area contributed by atoms with Crippen molar-refractivity contribution in [3.05, 3.63) is 21.9 Å². The number of hydrogen-bond donors (Lipinski definition) is 0. The average molecular weight is 375 g/mol. The standard InChI is InChI=1S/C20H26N2O3S/c1-2-16-15-9-12-26-17(15)7-10-21(16)18(23)8-11-22-19(24)13-5-3-4-6-14(13)20(22)25/h9,12-14,16H,2-8,10-11H2,1H3/t13-,14-,16+/m0/s1. The Morgan fingerprint density at radius 2 is 1.88 bits per heavy atom. The van der Waals surface area contributed by atoms with Crippen molar-refractivity contribution in [2.24, 2.45) is 11.8 Å². The minimum Gasteiger partial charge on any atom is -0.335 e. The zero-order valence-electron chi connectivity index (χ0n) is 15.3. The first-order valence-electron chi connectivity index (χ1n) is 9.82. The van der Waals surface area contributed by atoms with Gasteiger partial charge in [-0.2, -0.15) is 0 Å². The lowest BCUT2D eigenvalue weighted by molar-refractivity contribution is -0.141. The number of nitrogens with zero attached hydrogens (tertiary/aromatic N) is 2. The molecule has 6 heteroatoms. The third kappa shape index (κ3) is 2.88. The van der Waals surface area contributed by atoms with E-state index in [1.807, 2.05) is 4.90 Å². The lowest BCUT2D eigenvalue weighted by Gasteiger charge is -2.35. The largest absolute Gasteiger partial charge is 0.335 e. The zero-order chi connectivity index (χ0) is 18.3. The number of likely N-dealkylation sites (tertiary alicyclic amines) is 1. The molecular formula is C20H26N2O3S. The van der Waals surface area contributed by atoms with Gasteiger partial charge in [0.1, 0.15) is 0 Å². The number of imide groups is 1. The summed E-state index contributed by atoms with van der Waals surface area (Å²) >= 11 is 1.77. The van der Waals surface area contributed by atoms with Crippen LogP contribution in [0.4, 0.5) is 0 Å². The summed E-state index contributed by atoms with van der Waals surface area (Å²) in [7, 11) is 0. The summed E-state index contributed by atoms with van der Waals surface area (Å²) < 4.78 is 0. The van der Waals surface area contributed by atoms with Gasteiger partial charge in [-0.05, 0) is 42.7 Å². The number of hydrogen-bond acceptors (Lipinski definition) is 4. The predicted octanol–water partition coefficient (Wildman–Crippen LogP) is 3.15. The number of rotatable bonds is 4. The van der Waals surface area contributed by atoms with Gasteiger partial charge in [0.15, 0.2) is 0 Å². The molecule has 3 heterocycles. The Labute approximate surface area is 158 Å². The van der Waals surface area contributed by atoms with Crippen molar-refractivity contribution in [2.75, 3.05) is 13.1 Å². The van der Waals surface area contributed by atoms with E-state index in [0.29, 0.717) is 0 Å². The highest BCUT2D eigenvalue weighted by Gasteiger charge is 2.48. The first-order valence-corrected chi connectivity index (χ1v) is 10.7. The van der Waals surface area contributed by atoms with E-state index in [2.05, 4.69) is 18.4 Å². The third-order valence-electron chi connectivity index (χ3n) is 6.28. The molecule has 3 aliphatic rings. The van der Waals surface area contributed by atoms with Crippen molar-refractivity contribution in [3.8, 4) is 0 Å². The van der Waals surface area contributed by atoms with Crippen LogP contribution in [0.5, 0.6) is 0 Å². The van der Waals surface area contributed by atoms with E-state index in [4.69, 9.17) is 0 Å². The second-order valence-corrected chi connectivity index (χ2v) is 8.64. The number of carbonyl (C=O) groups is 3. The second-order valence-electron chi connectivity index (χ2n) is 7.64. The Bertz CT molecular complexity index is 704. The highest BCUT2D eigenvalue weighted by atomic mass is 32.1. The maximum absolute atomic E-state index is 12.9. The van der Waals surface area contributed by atoms with Gasteiger partial charge in [0.2, 0.25) is 17.7 Å². The fourth-order valence-electron chi connectivity index (χ4n) is 4.94. The first-order chi connectivity index (χ1) is 12.6. The summed E-state index contributed by atoms with van der Waals surface area (Å²) in [6.45, 7) is 3.08. The van der Waals surface area contributed by atoms with E-state index in [1.165, 1.54) is 15.3 Å². The summed E-state index contributed by atoms with van der Waals surface area (Å²) in [6, 6.07) is 2.26. The summed E-state index contributed by atoms with van der Waals surface area (Å²) in [5.74, 6) is -0.281. The van der Waals surface area contributed by atoms with Crippen molar-refractivity contribution in [2.45, 2.75) is 57.9 Å². The molecule has 140 valence electrons. The smallest absolute Gasteiger partial charge is 0.233 e. The summed E-state index contributed by atoms with van der Waals surface area (Å²) in [5, 5.41) is 2.10. The molecule has 1 saturated carbocycles. The molecule has 0 spiro atoms. The first kappa shape index (κ1) is 17.7. The van der Waals surface area contributed by atoms with E-state index in [-0.39, 0.29) is 48.6 Å². The van der Waals surface area contributed by atoms with Gasteiger partial charge in [0.05, 0.1) is 17.9 Å². The van der Waals surface area contributed by atoms with Crippen LogP contribution in [0, 0.1) is 11.8 Å². The lowest BCUT2D eigenvalue weighted by Crippen LogP contribution is -2.41. The number of fused-ring (bicyclic) bond motifs is 2. The third-order valence-corrected chi connectivity index (χ3v) is 7.28. The molecule has 0 N–H and O–H groups in total. The Kier molecular flexibility index (Phi) is 4.86. The molecule has 26 heavy (non-hydrogen) atoms. The molecule has 1 saturated heterocycles. The molecule has 4 rings (SSSR count). The van der Waals surface area contributed by atoms with Gasteiger partial charge in [-0.3, -0.25) is 19.3 Å². The number of thiophene rings is 1. The van der Waals surface area contributed by atoms with Crippen molar-refractivity contribution in [3.63, 3.8) is 0 Å². The van der Waals surface area contributed by atoms with Crippen LogP contribution < -0.4 is 0 Å². The lowest BCUT2D eigenvalue weighted by atomic mass is 9.81. The van der Waals surface area contributed by atoms with Crippen LogP contribution in [0.25, 0.3) is 0 Å². The number of amides is 3. The van der Waals surface area contributed by atoms with Gasteiger partial charge in [-0.1, -0.05) is 19.8 Å². The zero-order valence-corrected chi connectivity index (χ0v) is 16.1. The molecule has 0 radical (unpaired) electrons. The molecule has 1 aliphatic carbocycles. The highest BCUT2D eigenvalue weighted by molar-refractivity contribution is 7.10. The van der Waals surface area contributed by atoms with Crippen molar-refractivity contribution >= 4 is 29.1 Å². The van der Waals surface area contributed by atoms with Crippen LogP contribution in [0.15, 0.2) is 11.4 Å². The minimum absolute atomic E-state index is 0.0432. The van der Waals surface area contributed by atoms with E-state index >= 15 is 0 Å². The molecule has 1 aromatic heterocycles. The summed E-state index contributed by atoms with van der Waals surface area (Å²) in [5.41, 5.74) is 1.27. The van der Waals surface area contributed by atoms with Gasteiger partial charge in [-0.15, -0.1) is 11.3 Å². The summed E-state index contributed by atoms with van der Waals surface area (Å²) in [4.78, 5) is 42.7. The molecule has 0 bridgehead atoms. The molecule has 2 fully saturated rings. The van der Waals surface area contributed by atoms with E-state index in [9.17, 15) is 14.4 Å². The minimum atomic E-state index is -0.127. The van der Waals surface area contributed by atoms with Gasteiger partial charge in [0.25, 0.3) is 0 Å². The molecule has 0 aromatic carbocycles. The quantitative estimate of drug-likeness (QED) is 0.761. The SMILES string of the molecule is CC[C@@H]1c2ccsc2CCN1C(=O)CCN1C(=O)[C@H]2CCCC[C@@H]2C1=O. The molecular weight excluding hydrogens is 348 g/mol. The van der Waals surface area contributed by atoms with Crippen molar-refractivity contribution in [1.29, 1.82) is 0 Å². The van der Waals surface area contributed by atoms with Crippen LogP contribution in [0.2, 0.25) is 0 Å². The Morgan fingerprint density at radius 3 is 2.54 bits per heavy atom. The van der Waals surface area contributed by atoms with E-state index < -0.39 is 0 Å². The maximum Gasteiger partial charge on any atom is 0.233 e. The maximum atomic E-state index is 12.9. The second kappa shape index (κ2) is 7.14. The molecule has 2 aliphatic heterocycles. The van der Waals surface area contributed by atoms with Crippen molar-refractivity contribution in [1.82, 2.24) is 9.80 Å². The molecule has 0 unspecified atom stereocenters. The monoisotopic (exact) mass is 374 g/mol. The van der Waals surface area contributed by atoms with Gasteiger partial charge in [-0.25, -0.2) is 0 Å². The van der Waals surface area contributed by atoms with Crippen molar-refractivity contribution < 1.29 is 14.4 Å². The fourth-order valence-corrected chi connectivity index (χ4v) is 5.87. The van der Waals surface area contributed by atoms with E-state index in [1.54, 1.807) is 11.3 Å². The Morgan fingerprint density at radius 1 is 1.19 bits per heavy atom. The van der Waals surface area contributed by atoms with Crippen LogP contribution in [-0.2, 0) is 20.8 Å². The predicted molar refractivity (Wildman–Crippen MR) is 99.6 cm³/mol. The molecule has 1 aromatic rings. The average Bonchev–Trinajstić information content (AvgIpc) is 3.23. The highest BCUT2D eigenvalue weighted by Crippen LogP contribution is 2.38. The normalized spacial score (nSPS) is 28.3. The van der Waals surface area contributed by atoms with Gasteiger partial charge >= 0.3 is 0 Å². The Balaban J connectivity index is 1.41.